The van der Waals surface area contributed by atoms with Gasteiger partial charge in [0.25, 0.3) is 5.91 Å². The lowest BCUT2D eigenvalue weighted by Gasteiger charge is -2.35. The minimum atomic E-state index is -3.46. The lowest BCUT2D eigenvalue weighted by molar-refractivity contribution is 0.0570. The van der Waals surface area contributed by atoms with Crippen molar-refractivity contribution in [1.29, 1.82) is 0 Å². The number of aromatic nitrogens is 3. The first-order chi connectivity index (χ1) is 18.6. The van der Waals surface area contributed by atoms with E-state index >= 15 is 0 Å². The first kappa shape index (κ1) is 25.5. The number of sulfone groups is 1. The van der Waals surface area contributed by atoms with Crippen molar-refractivity contribution in [2.75, 3.05) is 30.9 Å². The van der Waals surface area contributed by atoms with E-state index in [4.69, 9.17) is 14.7 Å². The lowest BCUT2D eigenvalue weighted by atomic mass is 9.98. The van der Waals surface area contributed by atoms with Gasteiger partial charge in [0.1, 0.15) is 5.82 Å². The maximum absolute atomic E-state index is 13.9. The predicted molar refractivity (Wildman–Crippen MR) is 149 cm³/mol. The van der Waals surface area contributed by atoms with Gasteiger partial charge >= 0.3 is 0 Å². The van der Waals surface area contributed by atoms with E-state index in [2.05, 4.69) is 16.8 Å². The second kappa shape index (κ2) is 9.17. The molecule has 4 aromatic rings. The first-order valence-corrected chi connectivity index (χ1v) is 14.9. The quantitative estimate of drug-likeness (QED) is 0.411. The molecule has 2 aromatic carbocycles. The Morgan fingerprint density at radius 1 is 1.13 bits per heavy atom. The number of H-pyrrole nitrogens is 1. The maximum Gasteiger partial charge on any atom is 0.254 e. The summed E-state index contributed by atoms with van der Waals surface area (Å²) in [4.78, 5) is 31.5. The Morgan fingerprint density at radius 3 is 2.69 bits per heavy atom. The van der Waals surface area contributed by atoms with Crippen molar-refractivity contribution in [2.45, 2.75) is 43.8 Å². The summed E-state index contributed by atoms with van der Waals surface area (Å²) < 4.78 is 30.0. The summed E-state index contributed by atoms with van der Waals surface area (Å²) in [6.45, 7) is 8.26. The van der Waals surface area contributed by atoms with Gasteiger partial charge in [-0.25, -0.2) is 18.4 Å². The summed E-state index contributed by atoms with van der Waals surface area (Å²) in [5, 5.41) is 1.03. The molecule has 39 heavy (non-hydrogen) atoms. The smallest absolute Gasteiger partial charge is 0.254 e. The zero-order chi connectivity index (χ0) is 27.5. The summed E-state index contributed by atoms with van der Waals surface area (Å²) in [7, 11) is -3.46. The number of anilines is 1. The predicted octanol–water partition coefficient (Wildman–Crippen LogP) is 4.14. The molecule has 1 saturated heterocycles. The van der Waals surface area contributed by atoms with Gasteiger partial charge in [-0.3, -0.25) is 4.79 Å². The molecule has 0 bridgehead atoms. The van der Waals surface area contributed by atoms with E-state index in [1.807, 2.05) is 44.3 Å². The van der Waals surface area contributed by atoms with Crippen LogP contribution < -0.4 is 4.90 Å². The summed E-state index contributed by atoms with van der Waals surface area (Å²) in [6, 6.07) is 14.4. The SMILES string of the molecule is C[C@@H]1COCCN1c1nc(-c2cccc3[nH]ccc23)nc2c1CN(C(=O)c1cccc(S(C)(=O)=O)c1)C2(C)C. The van der Waals surface area contributed by atoms with Crippen LogP contribution in [0, 0.1) is 0 Å². The van der Waals surface area contributed by atoms with Crippen LogP contribution in [0.15, 0.2) is 59.6 Å². The number of hydrogen-bond acceptors (Lipinski definition) is 7. The first-order valence-electron chi connectivity index (χ1n) is 13.0. The number of rotatable bonds is 4. The molecule has 0 saturated carbocycles. The maximum atomic E-state index is 13.9. The highest BCUT2D eigenvalue weighted by molar-refractivity contribution is 7.90. The number of carbonyl (C=O) groups excluding carboxylic acids is 1. The topological polar surface area (TPSA) is 108 Å². The lowest BCUT2D eigenvalue weighted by Crippen LogP contribution is -2.44. The van der Waals surface area contributed by atoms with Crippen LogP contribution in [0.5, 0.6) is 0 Å². The zero-order valence-corrected chi connectivity index (χ0v) is 23.2. The third-order valence-electron chi connectivity index (χ3n) is 7.79. The molecular formula is C29H31N5O4S. The van der Waals surface area contributed by atoms with E-state index in [1.54, 1.807) is 17.0 Å². The molecule has 4 heterocycles. The number of morpholine rings is 1. The van der Waals surface area contributed by atoms with Crippen LogP contribution in [-0.2, 0) is 26.7 Å². The number of amides is 1. The number of hydrogen-bond donors (Lipinski definition) is 1. The van der Waals surface area contributed by atoms with Gasteiger partial charge < -0.3 is 19.5 Å². The highest BCUT2D eigenvalue weighted by Crippen LogP contribution is 2.44. The van der Waals surface area contributed by atoms with E-state index in [9.17, 15) is 13.2 Å². The summed E-state index contributed by atoms with van der Waals surface area (Å²) in [5.41, 5.74) is 3.18. The third-order valence-corrected chi connectivity index (χ3v) is 8.90. The molecule has 0 unspecified atom stereocenters. The number of nitrogens with one attached hydrogen (secondary N) is 1. The average molecular weight is 546 g/mol. The van der Waals surface area contributed by atoms with Crippen LogP contribution >= 0.6 is 0 Å². The molecule has 2 aromatic heterocycles. The highest BCUT2D eigenvalue weighted by atomic mass is 32.2. The summed E-state index contributed by atoms with van der Waals surface area (Å²) in [5.74, 6) is 1.17. The molecule has 1 N–H and O–H groups in total. The summed E-state index contributed by atoms with van der Waals surface area (Å²) in [6.07, 6.45) is 3.05. The number of benzene rings is 2. The average Bonchev–Trinajstić information content (AvgIpc) is 3.50. The second-order valence-electron chi connectivity index (χ2n) is 10.8. The second-order valence-corrected chi connectivity index (χ2v) is 12.8. The molecule has 0 aliphatic carbocycles. The van der Waals surface area contributed by atoms with Crippen LogP contribution in [0.1, 0.15) is 42.4 Å². The molecule has 1 fully saturated rings. The van der Waals surface area contributed by atoms with Crippen molar-refractivity contribution in [3.8, 4) is 11.4 Å². The van der Waals surface area contributed by atoms with Gasteiger partial charge in [0.05, 0.1) is 41.9 Å². The van der Waals surface area contributed by atoms with Gasteiger partial charge in [0.15, 0.2) is 15.7 Å². The Labute approximate surface area is 227 Å². The molecule has 1 amide bonds. The van der Waals surface area contributed by atoms with Gasteiger partial charge in [-0.15, -0.1) is 0 Å². The molecule has 10 heteroatoms. The van der Waals surface area contributed by atoms with Gasteiger partial charge in [0.2, 0.25) is 0 Å². The fraction of sp³-hybridized carbons (Fsp3) is 0.345. The number of ether oxygens (including phenoxy) is 1. The van der Waals surface area contributed by atoms with E-state index in [0.29, 0.717) is 37.7 Å². The van der Waals surface area contributed by atoms with Crippen LogP contribution in [0.2, 0.25) is 0 Å². The monoisotopic (exact) mass is 545 g/mol. The van der Waals surface area contributed by atoms with Crippen molar-refractivity contribution >= 4 is 32.5 Å². The molecule has 2 aliphatic heterocycles. The van der Waals surface area contributed by atoms with Crippen molar-refractivity contribution in [3.05, 3.63) is 71.5 Å². The Hall–Kier alpha value is -3.76. The molecule has 0 spiro atoms. The minimum absolute atomic E-state index is 0.105. The van der Waals surface area contributed by atoms with Crippen LogP contribution in [0.4, 0.5) is 5.82 Å². The van der Waals surface area contributed by atoms with Gasteiger partial charge in [-0.05, 0) is 51.1 Å². The van der Waals surface area contributed by atoms with Crippen molar-refractivity contribution in [1.82, 2.24) is 19.9 Å². The summed E-state index contributed by atoms with van der Waals surface area (Å²) >= 11 is 0. The third kappa shape index (κ3) is 4.28. The Kier molecular flexibility index (Phi) is 6.00. The fourth-order valence-corrected chi connectivity index (χ4v) is 6.30. The number of aromatic amines is 1. The van der Waals surface area contributed by atoms with Crippen molar-refractivity contribution < 1.29 is 17.9 Å². The molecule has 0 radical (unpaired) electrons. The molecule has 9 nitrogen and oxygen atoms in total. The van der Waals surface area contributed by atoms with Gasteiger partial charge in [0, 0.05) is 46.6 Å². The molecule has 6 rings (SSSR count). The van der Waals surface area contributed by atoms with Crippen molar-refractivity contribution in [2.24, 2.45) is 0 Å². The molecule has 202 valence electrons. The van der Waals surface area contributed by atoms with E-state index in [1.165, 1.54) is 12.1 Å². The van der Waals surface area contributed by atoms with Gasteiger partial charge in [-0.1, -0.05) is 18.2 Å². The van der Waals surface area contributed by atoms with Crippen LogP contribution in [0.25, 0.3) is 22.3 Å². The van der Waals surface area contributed by atoms with E-state index < -0.39 is 15.4 Å². The Balaban J connectivity index is 1.50. The van der Waals surface area contributed by atoms with E-state index in [-0.39, 0.29) is 16.8 Å². The standard InChI is InChI=1S/C29H31N5O4S/c1-18-17-38-14-13-33(18)27-23-16-34(28(35)19-7-5-8-20(15-19)39(4,36)37)29(2,3)25(23)31-26(32-27)22-9-6-10-24-21(22)11-12-30-24/h5-12,15,18,30H,13-14,16-17H2,1-4H3/t18-/m1/s1. The number of carbonyl (C=O) groups is 1. The van der Waals surface area contributed by atoms with Crippen molar-refractivity contribution in [3.63, 3.8) is 0 Å². The minimum Gasteiger partial charge on any atom is -0.377 e. The Morgan fingerprint density at radius 2 is 1.92 bits per heavy atom. The largest absolute Gasteiger partial charge is 0.377 e. The molecule has 1 atom stereocenters. The van der Waals surface area contributed by atoms with Gasteiger partial charge in [-0.2, -0.15) is 0 Å². The molecular weight excluding hydrogens is 514 g/mol. The van der Waals surface area contributed by atoms with Crippen LogP contribution in [-0.4, -0.2) is 66.2 Å². The van der Waals surface area contributed by atoms with Crippen LogP contribution in [0.3, 0.4) is 0 Å². The fourth-order valence-electron chi connectivity index (χ4n) is 5.63. The number of fused-ring (bicyclic) bond motifs is 2. The van der Waals surface area contributed by atoms with E-state index in [0.717, 1.165) is 39.8 Å². The zero-order valence-electron chi connectivity index (χ0n) is 22.4. The Bertz CT molecular complexity index is 1710. The number of nitrogens with zero attached hydrogens (tertiary/aromatic N) is 4. The normalized spacial score (nSPS) is 18.9. The highest BCUT2D eigenvalue weighted by Gasteiger charge is 2.45. The molecule has 2 aliphatic rings.